The Morgan fingerprint density at radius 1 is 1.41 bits per heavy atom. The maximum atomic E-state index is 13.1. The molecule has 1 fully saturated rings. The van der Waals surface area contributed by atoms with Gasteiger partial charge in [-0.3, -0.25) is 0 Å². The first-order valence-corrected chi connectivity index (χ1v) is 6.14. The van der Waals surface area contributed by atoms with Crippen LogP contribution in [0.3, 0.4) is 0 Å². The minimum Gasteiger partial charge on any atom is -0.385 e. The third kappa shape index (κ3) is 3.27. The number of rotatable bonds is 3. The van der Waals surface area contributed by atoms with Gasteiger partial charge in [-0.05, 0) is 49.8 Å². The summed E-state index contributed by atoms with van der Waals surface area (Å²) in [6.07, 6.45) is 2.62. The highest BCUT2D eigenvalue weighted by molar-refractivity contribution is 5.22. The Morgan fingerprint density at radius 3 is 2.76 bits per heavy atom. The van der Waals surface area contributed by atoms with Gasteiger partial charge < -0.3 is 9.84 Å². The van der Waals surface area contributed by atoms with Crippen LogP contribution in [0.4, 0.5) is 4.39 Å². The van der Waals surface area contributed by atoms with Crippen LogP contribution in [-0.4, -0.2) is 18.3 Å². The Morgan fingerprint density at radius 2 is 2.12 bits per heavy atom. The van der Waals surface area contributed by atoms with Gasteiger partial charge in [-0.25, -0.2) is 4.39 Å². The number of aliphatic hydroxyl groups is 1. The third-order valence-electron chi connectivity index (χ3n) is 3.47. The maximum Gasteiger partial charge on any atom is 0.123 e. The third-order valence-corrected chi connectivity index (χ3v) is 3.47. The van der Waals surface area contributed by atoms with Gasteiger partial charge in [0.05, 0.1) is 5.60 Å². The Hall–Kier alpha value is -0.930. The van der Waals surface area contributed by atoms with Gasteiger partial charge >= 0.3 is 0 Å². The molecule has 1 unspecified atom stereocenters. The topological polar surface area (TPSA) is 29.5 Å². The van der Waals surface area contributed by atoms with E-state index < -0.39 is 5.60 Å². The summed E-state index contributed by atoms with van der Waals surface area (Å²) in [4.78, 5) is 0. The molecule has 1 aliphatic rings. The number of hydrogen-bond acceptors (Lipinski definition) is 2. The lowest BCUT2D eigenvalue weighted by Crippen LogP contribution is -2.28. The number of halogens is 1. The summed E-state index contributed by atoms with van der Waals surface area (Å²) in [5.74, 6) is 0.164. The predicted octanol–water partition coefficient (Wildman–Crippen LogP) is 2.85. The lowest BCUT2D eigenvalue weighted by Gasteiger charge is -2.31. The Bertz CT molecular complexity index is 370. The quantitative estimate of drug-likeness (QED) is 0.877. The van der Waals surface area contributed by atoms with E-state index in [0.717, 1.165) is 26.1 Å². The maximum absolute atomic E-state index is 13.1. The molecule has 1 aromatic rings. The van der Waals surface area contributed by atoms with Gasteiger partial charge in [-0.1, -0.05) is 12.1 Å². The van der Waals surface area contributed by atoms with E-state index in [-0.39, 0.29) is 5.82 Å². The van der Waals surface area contributed by atoms with E-state index in [1.165, 1.54) is 12.1 Å². The molecule has 17 heavy (non-hydrogen) atoms. The van der Waals surface area contributed by atoms with Crippen LogP contribution >= 0.6 is 0 Å². The monoisotopic (exact) mass is 238 g/mol. The van der Waals surface area contributed by atoms with Crippen LogP contribution in [0.25, 0.3) is 0 Å². The van der Waals surface area contributed by atoms with Gasteiger partial charge in [0, 0.05) is 13.2 Å². The van der Waals surface area contributed by atoms with Crippen LogP contribution in [0.5, 0.6) is 0 Å². The SMILES string of the molecule is CC(O)(CC1CCOCC1)c1cccc(F)c1. The van der Waals surface area contributed by atoms with Crippen molar-refractivity contribution < 1.29 is 14.2 Å². The zero-order valence-corrected chi connectivity index (χ0v) is 10.2. The van der Waals surface area contributed by atoms with Crippen LogP contribution < -0.4 is 0 Å². The van der Waals surface area contributed by atoms with E-state index in [1.54, 1.807) is 19.1 Å². The Balaban J connectivity index is 2.06. The van der Waals surface area contributed by atoms with Crippen molar-refractivity contribution in [2.24, 2.45) is 5.92 Å². The van der Waals surface area contributed by atoms with Crippen molar-refractivity contribution in [1.82, 2.24) is 0 Å². The van der Waals surface area contributed by atoms with Crippen molar-refractivity contribution in [3.8, 4) is 0 Å². The standard InChI is InChI=1S/C14H19FO2/c1-14(16,10-11-5-7-17-8-6-11)12-3-2-4-13(15)9-12/h2-4,9,11,16H,5-8,10H2,1H3. The van der Waals surface area contributed by atoms with Gasteiger partial charge in [0.2, 0.25) is 0 Å². The van der Waals surface area contributed by atoms with Gasteiger partial charge in [0.1, 0.15) is 5.82 Å². The zero-order chi connectivity index (χ0) is 12.3. The fraction of sp³-hybridized carbons (Fsp3) is 0.571. The molecule has 2 rings (SSSR count). The van der Waals surface area contributed by atoms with Gasteiger partial charge in [-0.2, -0.15) is 0 Å². The minimum absolute atomic E-state index is 0.297. The molecule has 0 radical (unpaired) electrons. The fourth-order valence-electron chi connectivity index (χ4n) is 2.45. The number of ether oxygens (including phenoxy) is 1. The average molecular weight is 238 g/mol. The molecule has 0 aromatic heterocycles. The van der Waals surface area contributed by atoms with Crippen LogP contribution in [0.2, 0.25) is 0 Å². The van der Waals surface area contributed by atoms with Gasteiger partial charge in [-0.15, -0.1) is 0 Å². The molecule has 0 spiro atoms. The highest BCUT2D eigenvalue weighted by Crippen LogP contribution is 2.32. The second-order valence-corrected chi connectivity index (χ2v) is 5.04. The van der Waals surface area contributed by atoms with Crippen LogP contribution in [-0.2, 0) is 10.3 Å². The van der Waals surface area contributed by atoms with Gasteiger partial charge in [0.25, 0.3) is 0 Å². The van der Waals surface area contributed by atoms with Crippen molar-refractivity contribution in [2.75, 3.05) is 13.2 Å². The number of benzene rings is 1. The summed E-state index contributed by atoms with van der Waals surface area (Å²) < 4.78 is 18.4. The first kappa shape index (κ1) is 12.5. The lowest BCUT2D eigenvalue weighted by molar-refractivity contribution is -0.00321. The van der Waals surface area contributed by atoms with E-state index in [4.69, 9.17) is 4.74 Å². The first-order chi connectivity index (χ1) is 8.08. The van der Waals surface area contributed by atoms with Crippen LogP contribution in [0.1, 0.15) is 31.7 Å². The fourth-order valence-corrected chi connectivity index (χ4v) is 2.45. The molecule has 3 heteroatoms. The summed E-state index contributed by atoms with van der Waals surface area (Å²) >= 11 is 0. The molecule has 1 aromatic carbocycles. The highest BCUT2D eigenvalue weighted by Gasteiger charge is 2.28. The first-order valence-electron chi connectivity index (χ1n) is 6.14. The Labute approximate surface area is 101 Å². The van der Waals surface area contributed by atoms with E-state index >= 15 is 0 Å². The summed E-state index contributed by atoms with van der Waals surface area (Å²) in [6, 6.07) is 6.23. The molecule has 0 bridgehead atoms. The smallest absolute Gasteiger partial charge is 0.123 e. The molecule has 0 saturated carbocycles. The van der Waals surface area contributed by atoms with Crippen molar-refractivity contribution in [2.45, 2.75) is 31.8 Å². The van der Waals surface area contributed by atoms with Crippen molar-refractivity contribution in [3.05, 3.63) is 35.6 Å². The molecule has 1 atom stereocenters. The minimum atomic E-state index is -0.954. The Kier molecular flexibility index (Phi) is 3.79. The summed E-state index contributed by atoms with van der Waals surface area (Å²) in [6.45, 7) is 3.30. The molecule has 1 heterocycles. The normalized spacial score (nSPS) is 21.1. The van der Waals surface area contributed by atoms with E-state index in [1.807, 2.05) is 0 Å². The highest BCUT2D eigenvalue weighted by atomic mass is 19.1. The summed E-state index contributed by atoms with van der Waals surface area (Å²) in [5, 5.41) is 10.5. The molecule has 1 aliphatic heterocycles. The van der Waals surface area contributed by atoms with Crippen molar-refractivity contribution >= 4 is 0 Å². The molecule has 2 nitrogen and oxygen atoms in total. The molecular formula is C14H19FO2. The van der Waals surface area contributed by atoms with E-state index in [2.05, 4.69) is 0 Å². The second-order valence-electron chi connectivity index (χ2n) is 5.04. The van der Waals surface area contributed by atoms with Gasteiger partial charge in [0.15, 0.2) is 0 Å². The molecular weight excluding hydrogens is 219 g/mol. The molecule has 1 N–H and O–H groups in total. The lowest BCUT2D eigenvalue weighted by atomic mass is 9.83. The molecule has 1 saturated heterocycles. The van der Waals surface area contributed by atoms with Crippen LogP contribution in [0, 0.1) is 11.7 Å². The molecule has 0 aliphatic carbocycles. The van der Waals surface area contributed by atoms with Crippen molar-refractivity contribution in [3.63, 3.8) is 0 Å². The predicted molar refractivity (Wildman–Crippen MR) is 64.1 cm³/mol. The average Bonchev–Trinajstić information content (AvgIpc) is 2.30. The van der Waals surface area contributed by atoms with Crippen LogP contribution in [0.15, 0.2) is 24.3 Å². The van der Waals surface area contributed by atoms with E-state index in [9.17, 15) is 9.50 Å². The second kappa shape index (κ2) is 5.15. The summed E-state index contributed by atoms with van der Waals surface area (Å²) in [7, 11) is 0. The number of hydrogen-bond donors (Lipinski definition) is 1. The summed E-state index contributed by atoms with van der Waals surface area (Å²) in [5.41, 5.74) is -0.298. The van der Waals surface area contributed by atoms with Crippen molar-refractivity contribution in [1.29, 1.82) is 0 Å². The molecule has 94 valence electrons. The zero-order valence-electron chi connectivity index (χ0n) is 10.2. The van der Waals surface area contributed by atoms with E-state index in [0.29, 0.717) is 17.9 Å². The molecule has 0 amide bonds. The largest absolute Gasteiger partial charge is 0.385 e.